The van der Waals surface area contributed by atoms with Gasteiger partial charge in [0.1, 0.15) is 0 Å². The van der Waals surface area contributed by atoms with Crippen molar-refractivity contribution in [2.24, 2.45) is 0 Å². The monoisotopic (exact) mass is 272 g/mol. The van der Waals surface area contributed by atoms with E-state index >= 15 is 0 Å². The van der Waals surface area contributed by atoms with Gasteiger partial charge in [-0.2, -0.15) is 0 Å². The summed E-state index contributed by atoms with van der Waals surface area (Å²) in [6.45, 7) is 11.4. The van der Waals surface area contributed by atoms with Gasteiger partial charge in [-0.1, -0.05) is 94.9 Å². The van der Waals surface area contributed by atoms with E-state index in [0.717, 1.165) is 0 Å². The van der Waals surface area contributed by atoms with Gasteiger partial charge in [0.25, 0.3) is 0 Å². The molecule has 2 aromatic carbocycles. The number of aryl methyl sites for hydroxylation is 1. The molecule has 0 saturated heterocycles. The summed E-state index contributed by atoms with van der Waals surface area (Å²) in [5.74, 6) is 0. The van der Waals surface area contributed by atoms with Crippen LogP contribution in [-0.2, 0) is 0 Å². The zero-order chi connectivity index (χ0) is 13.8. The van der Waals surface area contributed by atoms with Gasteiger partial charge < -0.3 is 0 Å². The first-order valence-corrected chi connectivity index (χ1v) is 6.47. The van der Waals surface area contributed by atoms with Crippen molar-refractivity contribution in [2.45, 2.75) is 42.5 Å². The van der Waals surface area contributed by atoms with Gasteiger partial charge in [0.2, 0.25) is 0 Å². The van der Waals surface area contributed by atoms with Crippen LogP contribution in [0.2, 0.25) is 0 Å². The second kappa shape index (κ2) is 15.2. The van der Waals surface area contributed by atoms with Crippen LogP contribution in [0.3, 0.4) is 0 Å². The van der Waals surface area contributed by atoms with Crippen molar-refractivity contribution in [2.75, 3.05) is 0 Å². The molecule has 0 heteroatoms. The molecule has 0 amide bonds. The van der Waals surface area contributed by atoms with Gasteiger partial charge in [-0.05, 0) is 25.0 Å². The highest BCUT2D eigenvalue weighted by Gasteiger charge is 1.93. The topological polar surface area (TPSA) is 0 Å². The van der Waals surface area contributed by atoms with E-state index < -0.39 is 0 Å². The molecule has 0 aliphatic heterocycles. The van der Waals surface area contributed by atoms with Crippen molar-refractivity contribution in [3.8, 4) is 11.1 Å². The molecular weight excluding hydrogens is 240 g/mol. The van der Waals surface area contributed by atoms with E-state index in [-0.39, 0.29) is 14.9 Å². The van der Waals surface area contributed by atoms with Gasteiger partial charge in [-0.3, -0.25) is 0 Å². The van der Waals surface area contributed by atoms with Crippen molar-refractivity contribution in [1.29, 1.82) is 0 Å². The maximum atomic E-state index is 3.36. The van der Waals surface area contributed by atoms with E-state index in [1.807, 2.05) is 26.8 Å². The molecule has 0 aromatic heterocycles. The molecule has 0 aliphatic rings. The molecule has 0 radical (unpaired) electrons. The van der Waals surface area contributed by atoms with Crippen LogP contribution in [0.4, 0.5) is 0 Å². The molecular formula is C20H32. The summed E-state index contributed by atoms with van der Waals surface area (Å²) in [4.78, 5) is 0. The third-order valence-corrected chi connectivity index (χ3v) is 2.16. The predicted molar refractivity (Wildman–Crippen MR) is 97.3 cm³/mol. The van der Waals surface area contributed by atoms with E-state index in [0.29, 0.717) is 0 Å². The van der Waals surface area contributed by atoms with Crippen LogP contribution in [0.15, 0.2) is 67.3 Å². The van der Waals surface area contributed by atoms with Gasteiger partial charge >= 0.3 is 0 Å². The molecule has 0 spiro atoms. The maximum Gasteiger partial charge on any atom is -0.0184 e. The van der Waals surface area contributed by atoms with Crippen molar-refractivity contribution in [1.82, 2.24) is 0 Å². The number of hydrogen-bond donors (Lipinski definition) is 0. The molecule has 20 heavy (non-hydrogen) atoms. The standard InChI is InChI=1S/C13H12.C3H6.C2H6.2CH4/c1-11-7-9-13(10-8-11)12-5-3-2-4-6-12;1-3-2;1-2;;/h2-10H,1H3;3H,1H2,2H3;1-2H3;2*1H4. The van der Waals surface area contributed by atoms with Crippen LogP contribution in [0.1, 0.15) is 41.2 Å². The fraction of sp³-hybridized carbons (Fsp3) is 0.300. The van der Waals surface area contributed by atoms with Gasteiger partial charge in [0.15, 0.2) is 0 Å². The van der Waals surface area contributed by atoms with Crippen LogP contribution in [-0.4, -0.2) is 0 Å². The summed E-state index contributed by atoms with van der Waals surface area (Å²) in [6, 6.07) is 19.0. The first-order chi connectivity index (χ1) is 8.77. The average molecular weight is 272 g/mol. The van der Waals surface area contributed by atoms with E-state index in [2.05, 4.69) is 62.0 Å². The Morgan fingerprint density at radius 2 is 1.10 bits per heavy atom. The Kier molecular flexibility index (Phi) is 17.7. The molecule has 0 heterocycles. The quantitative estimate of drug-likeness (QED) is 0.483. The molecule has 0 nitrogen and oxygen atoms in total. The summed E-state index contributed by atoms with van der Waals surface area (Å²) < 4.78 is 0. The smallest absolute Gasteiger partial charge is 0.0184 e. The number of hydrogen-bond acceptors (Lipinski definition) is 0. The fourth-order valence-electron chi connectivity index (χ4n) is 1.38. The van der Waals surface area contributed by atoms with Crippen molar-refractivity contribution >= 4 is 0 Å². The lowest BCUT2D eigenvalue weighted by molar-refractivity contribution is 1.47. The van der Waals surface area contributed by atoms with Crippen LogP contribution < -0.4 is 0 Å². The second-order valence-electron chi connectivity index (χ2n) is 3.64. The Balaban J connectivity index is -0.000000369. The summed E-state index contributed by atoms with van der Waals surface area (Å²) in [5.41, 5.74) is 3.87. The van der Waals surface area contributed by atoms with Crippen LogP contribution in [0, 0.1) is 6.92 Å². The molecule has 0 bridgehead atoms. The summed E-state index contributed by atoms with van der Waals surface area (Å²) in [5, 5.41) is 0. The molecule has 0 N–H and O–H groups in total. The lowest BCUT2D eigenvalue weighted by Gasteiger charge is -2.00. The number of benzene rings is 2. The Morgan fingerprint density at radius 1 is 0.750 bits per heavy atom. The minimum absolute atomic E-state index is 0. The van der Waals surface area contributed by atoms with Crippen LogP contribution in [0.5, 0.6) is 0 Å². The van der Waals surface area contributed by atoms with Gasteiger partial charge in [0, 0.05) is 0 Å². The fourth-order valence-corrected chi connectivity index (χ4v) is 1.38. The molecule has 0 saturated carbocycles. The maximum absolute atomic E-state index is 3.36. The molecule has 0 atom stereocenters. The Hall–Kier alpha value is -1.82. The molecule has 112 valence electrons. The lowest BCUT2D eigenvalue weighted by Crippen LogP contribution is -1.76. The van der Waals surface area contributed by atoms with Crippen molar-refractivity contribution in [3.63, 3.8) is 0 Å². The minimum atomic E-state index is 0. The molecule has 2 rings (SSSR count). The molecule has 0 unspecified atom stereocenters. The summed E-state index contributed by atoms with van der Waals surface area (Å²) in [6.07, 6.45) is 1.75. The molecule has 0 fully saturated rings. The highest BCUT2D eigenvalue weighted by atomic mass is 14.0. The molecule has 0 aliphatic carbocycles. The van der Waals surface area contributed by atoms with Crippen molar-refractivity contribution in [3.05, 3.63) is 72.8 Å². The first-order valence-electron chi connectivity index (χ1n) is 6.47. The van der Waals surface area contributed by atoms with Crippen LogP contribution >= 0.6 is 0 Å². The minimum Gasteiger partial charge on any atom is -0.103 e. The predicted octanol–water partition coefficient (Wildman–Crippen LogP) is 7.15. The first kappa shape index (κ1) is 23.3. The second-order valence-corrected chi connectivity index (χ2v) is 3.64. The zero-order valence-corrected chi connectivity index (χ0v) is 12.0. The van der Waals surface area contributed by atoms with Gasteiger partial charge in [0.05, 0.1) is 0 Å². The third-order valence-electron chi connectivity index (χ3n) is 2.16. The van der Waals surface area contributed by atoms with E-state index in [4.69, 9.17) is 0 Å². The van der Waals surface area contributed by atoms with Gasteiger partial charge in [-0.25, -0.2) is 0 Å². The Labute approximate surface area is 127 Å². The summed E-state index contributed by atoms with van der Waals surface area (Å²) in [7, 11) is 0. The highest BCUT2D eigenvalue weighted by Crippen LogP contribution is 2.18. The summed E-state index contributed by atoms with van der Waals surface area (Å²) >= 11 is 0. The Bertz CT molecular complexity index is 410. The number of rotatable bonds is 1. The lowest BCUT2D eigenvalue weighted by atomic mass is 10.0. The third kappa shape index (κ3) is 9.16. The number of allylic oxidation sites excluding steroid dienone is 1. The van der Waals surface area contributed by atoms with Crippen LogP contribution in [0.25, 0.3) is 11.1 Å². The van der Waals surface area contributed by atoms with E-state index in [9.17, 15) is 0 Å². The van der Waals surface area contributed by atoms with Crippen molar-refractivity contribution < 1.29 is 0 Å². The average Bonchev–Trinajstić information content (AvgIpc) is 2.44. The SMILES string of the molecule is C.C.C=CC.CC.Cc1ccc(-c2ccccc2)cc1. The zero-order valence-electron chi connectivity index (χ0n) is 12.0. The van der Waals surface area contributed by atoms with E-state index in [1.165, 1.54) is 16.7 Å². The Morgan fingerprint density at radius 3 is 1.50 bits per heavy atom. The highest BCUT2D eigenvalue weighted by molar-refractivity contribution is 5.63. The van der Waals surface area contributed by atoms with E-state index in [1.54, 1.807) is 6.08 Å². The normalized spacial score (nSPS) is 7.40. The molecule has 2 aromatic rings. The largest absolute Gasteiger partial charge is 0.103 e. The van der Waals surface area contributed by atoms with Gasteiger partial charge in [-0.15, -0.1) is 6.58 Å².